The van der Waals surface area contributed by atoms with Crippen LogP contribution in [0.1, 0.15) is 45.4 Å². The van der Waals surface area contributed by atoms with Crippen LogP contribution in [0.4, 0.5) is 17.6 Å². The van der Waals surface area contributed by atoms with Crippen molar-refractivity contribution in [3.63, 3.8) is 0 Å². The van der Waals surface area contributed by atoms with E-state index < -0.39 is 11.2 Å². The van der Waals surface area contributed by atoms with Gasteiger partial charge < -0.3 is 25.0 Å². The van der Waals surface area contributed by atoms with E-state index in [0.717, 1.165) is 80.9 Å². The van der Waals surface area contributed by atoms with Gasteiger partial charge >= 0.3 is 0 Å². The summed E-state index contributed by atoms with van der Waals surface area (Å²) in [4.78, 5) is 23.4. The lowest BCUT2D eigenvalue weighted by Crippen LogP contribution is -2.45. The van der Waals surface area contributed by atoms with Crippen molar-refractivity contribution in [2.75, 3.05) is 72.4 Å². The van der Waals surface area contributed by atoms with Crippen LogP contribution in [0, 0.1) is 0 Å². The van der Waals surface area contributed by atoms with Gasteiger partial charge in [-0.1, -0.05) is 50.2 Å². The minimum atomic E-state index is -0.740. The van der Waals surface area contributed by atoms with Crippen LogP contribution in [0.15, 0.2) is 6.33 Å². The Bertz CT molecular complexity index is 855. The van der Waals surface area contributed by atoms with Crippen LogP contribution in [0.25, 0.3) is 11.0 Å². The van der Waals surface area contributed by atoms with E-state index in [1.807, 2.05) is 0 Å². The van der Waals surface area contributed by atoms with Crippen LogP contribution in [-0.2, 0) is 11.2 Å². The van der Waals surface area contributed by atoms with Crippen LogP contribution in [0.5, 0.6) is 0 Å². The first-order valence-corrected chi connectivity index (χ1v) is 13.6. The van der Waals surface area contributed by atoms with Gasteiger partial charge in [0.25, 0.3) is 0 Å². The predicted molar refractivity (Wildman–Crippen MR) is 132 cm³/mol. The fraction of sp³-hybridized carbons (Fsp3) is 0.727. The van der Waals surface area contributed by atoms with Gasteiger partial charge in [0, 0.05) is 32.7 Å². The molecule has 2 aromatic heterocycles. The number of nitrogens with zero attached hydrogens (tertiary/aromatic N) is 6. The average Bonchev–Trinajstić information content (AvgIpc) is 2.84. The van der Waals surface area contributed by atoms with Gasteiger partial charge in [-0.05, 0) is 6.42 Å². The smallest absolute Gasteiger partial charge is 0.228 e. The van der Waals surface area contributed by atoms with E-state index in [9.17, 15) is 4.55 Å². The molecule has 2 aliphatic rings. The summed E-state index contributed by atoms with van der Waals surface area (Å²) in [6.45, 7) is 8.18. The topological polar surface area (TPSA) is 105 Å². The van der Waals surface area contributed by atoms with E-state index >= 15 is 0 Å². The second-order valence-electron chi connectivity index (χ2n) is 8.53. The highest BCUT2D eigenvalue weighted by atomic mass is 32.2. The Hall–Kier alpha value is -1.91. The Balaban J connectivity index is 1.56. The summed E-state index contributed by atoms with van der Waals surface area (Å²) in [5.41, 5.74) is 1.56. The number of hydrogen-bond donors (Lipinski definition) is 2. The van der Waals surface area contributed by atoms with E-state index in [1.165, 1.54) is 32.1 Å². The van der Waals surface area contributed by atoms with Crippen LogP contribution < -0.4 is 20.4 Å². The van der Waals surface area contributed by atoms with E-state index in [2.05, 4.69) is 37.3 Å². The van der Waals surface area contributed by atoms with Gasteiger partial charge in [-0.25, -0.2) is 15.0 Å². The molecule has 2 aliphatic heterocycles. The standard InChI is InChI=1S/C22H36N8OS/c1-2-3-4-5-6-7-8-24-20-18-19(25-17-26-20)21(29-13-15-32(31)16-14-29)28-22(27-18)30-11-9-23-10-12-30/h17,23H,2-16H2,1H3,(H,24,25,26). The molecule has 4 heterocycles. The molecule has 0 aliphatic carbocycles. The van der Waals surface area contributed by atoms with E-state index in [1.54, 1.807) is 6.33 Å². The summed E-state index contributed by atoms with van der Waals surface area (Å²) >= 11 is -0.740. The Morgan fingerprint density at radius 1 is 0.938 bits per heavy atom. The summed E-state index contributed by atoms with van der Waals surface area (Å²) < 4.78 is 11.9. The van der Waals surface area contributed by atoms with Crippen LogP contribution >= 0.6 is 0 Å². The van der Waals surface area contributed by atoms with Crippen molar-refractivity contribution >= 4 is 39.8 Å². The molecule has 9 nitrogen and oxygen atoms in total. The third kappa shape index (κ3) is 5.90. The van der Waals surface area contributed by atoms with Crippen molar-refractivity contribution in [2.45, 2.75) is 45.4 Å². The molecule has 0 unspecified atom stereocenters. The van der Waals surface area contributed by atoms with E-state index in [-0.39, 0.29) is 0 Å². The Labute approximate surface area is 194 Å². The quantitative estimate of drug-likeness (QED) is 0.407. The van der Waals surface area contributed by atoms with Gasteiger partial charge in [0.05, 0.1) is 13.1 Å². The third-order valence-electron chi connectivity index (χ3n) is 6.15. The molecule has 0 radical (unpaired) electrons. The molecule has 2 saturated heterocycles. The number of fused-ring (bicyclic) bond motifs is 1. The fourth-order valence-corrected chi connectivity index (χ4v) is 5.29. The van der Waals surface area contributed by atoms with E-state index in [0.29, 0.717) is 11.5 Å². The van der Waals surface area contributed by atoms with Gasteiger partial charge in [0.1, 0.15) is 28.9 Å². The highest BCUT2D eigenvalue weighted by molar-refractivity contribution is 7.91. The summed E-state index contributed by atoms with van der Waals surface area (Å²) in [5, 5.41) is 6.90. The molecular formula is C22H36N8OS. The molecule has 4 rings (SSSR count). The van der Waals surface area contributed by atoms with Crippen molar-refractivity contribution in [3.8, 4) is 0 Å². The maximum Gasteiger partial charge on any atom is 0.228 e. The third-order valence-corrected chi connectivity index (χ3v) is 7.43. The number of unbranched alkanes of at least 4 members (excludes halogenated alkanes) is 5. The Morgan fingerprint density at radius 3 is 2.47 bits per heavy atom. The number of hydrogen-bond acceptors (Lipinski definition) is 9. The van der Waals surface area contributed by atoms with Crippen molar-refractivity contribution < 1.29 is 4.55 Å². The molecule has 0 saturated carbocycles. The lowest BCUT2D eigenvalue weighted by molar-refractivity contribution is 0.578. The lowest BCUT2D eigenvalue weighted by Gasteiger charge is -2.32. The second-order valence-corrected chi connectivity index (χ2v) is 10.2. The van der Waals surface area contributed by atoms with Crippen molar-refractivity contribution in [1.29, 1.82) is 0 Å². The molecule has 0 amide bonds. The van der Waals surface area contributed by atoms with Crippen LogP contribution in [-0.4, -0.2) is 81.8 Å². The first-order chi connectivity index (χ1) is 15.8. The number of anilines is 3. The average molecular weight is 461 g/mol. The Kier molecular flexibility index (Phi) is 8.58. The molecule has 2 fully saturated rings. The molecule has 176 valence electrons. The maximum atomic E-state index is 11.9. The second kappa shape index (κ2) is 11.8. The van der Waals surface area contributed by atoms with Gasteiger partial charge in [-0.15, -0.1) is 0 Å². The summed E-state index contributed by atoms with van der Waals surface area (Å²) in [6.07, 6.45) is 9.15. The maximum absolute atomic E-state index is 11.9. The van der Waals surface area contributed by atoms with Crippen molar-refractivity contribution in [3.05, 3.63) is 6.33 Å². The Morgan fingerprint density at radius 2 is 1.69 bits per heavy atom. The highest BCUT2D eigenvalue weighted by Crippen LogP contribution is 2.29. The zero-order valence-corrected chi connectivity index (χ0v) is 20.0. The van der Waals surface area contributed by atoms with E-state index in [4.69, 9.17) is 9.97 Å². The monoisotopic (exact) mass is 460 g/mol. The van der Waals surface area contributed by atoms with Gasteiger partial charge in [-0.3, -0.25) is 0 Å². The molecule has 0 bridgehead atoms. The summed E-state index contributed by atoms with van der Waals surface area (Å²) in [7, 11) is 0. The number of rotatable bonds is 10. The normalized spacial score (nSPS) is 17.8. The van der Waals surface area contributed by atoms with Crippen LogP contribution in [0.2, 0.25) is 0 Å². The molecule has 2 N–H and O–H groups in total. The largest absolute Gasteiger partial charge is 0.616 e. The molecule has 32 heavy (non-hydrogen) atoms. The summed E-state index contributed by atoms with van der Waals surface area (Å²) in [5.74, 6) is 3.69. The fourth-order valence-electron chi connectivity index (χ4n) is 4.24. The zero-order chi connectivity index (χ0) is 22.2. The highest BCUT2D eigenvalue weighted by Gasteiger charge is 2.26. The molecule has 0 aromatic carbocycles. The molecule has 0 atom stereocenters. The van der Waals surface area contributed by atoms with Crippen molar-refractivity contribution in [1.82, 2.24) is 25.3 Å². The first-order valence-electron chi connectivity index (χ1n) is 12.1. The van der Waals surface area contributed by atoms with Gasteiger partial charge in [0.2, 0.25) is 5.95 Å². The lowest BCUT2D eigenvalue weighted by atomic mass is 10.1. The predicted octanol–water partition coefficient (Wildman–Crippen LogP) is 2.17. The SMILES string of the molecule is CCCCCCCCNc1ncnc2c(N3CC[S+]([O-])CC3)nc(N3CCNCC3)nc12. The minimum Gasteiger partial charge on any atom is -0.616 e. The molecule has 0 spiro atoms. The zero-order valence-electron chi connectivity index (χ0n) is 19.2. The number of piperazine rings is 1. The molecule has 10 heteroatoms. The first kappa shape index (κ1) is 23.3. The van der Waals surface area contributed by atoms with Gasteiger partial charge in [0.15, 0.2) is 11.6 Å². The summed E-state index contributed by atoms with van der Waals surface area (Å²) in [6, 6.07) is 0. The van der Waals surface area contributed by atoms with Gasteiger partial charge in [-0.2, -0.15) is 4.98 Å². The van der Waals surface area contributed by atoms with Crippen molar-refractivity contribution in [2.24, 2.45) is 0 Å². The number of nitrogens with one attached hydrogen (secondary N) is 2. The molecule has 2 aromatic rings. The molecular weight excluding hydrogens is 424 g/mol. The van der Waals surface area contributed by atoms with Crippen LogP contribution in [0.3, 0.4) is 0 Å². The minimum absolute atomic E-state index is 0.669. The number of aromatic nitrogens is 4.